The van der Waals surface area contributed by atoms with Crippen molar-refractivity contribution in [3.63, 3.8) is 0 Å². The van der Waals surface area contributed by atoms with Crippen LogP contribution < -0.4 is 0 Å². The van der Waals surface area contributed by atoms with Crippen molar-refractivity contribution in [2.75, 3.05) is 0 Å². The summed E-state index contributed by atoms with van der Waals surface area (Å²) in [6.45, 7) is 1.81. The maximum absolute atomic E-state index is 7.98. The molecule has 0 aromatic carbocycles. The normalized spacial score (nSPS) is 11.7. The van der Waals surface area contributed by atoms with Gasteiger partial charge in [0.2, 0.25) is 0 Å². The standard InChI is InChI=1S/C14H13N5/c1-2-18-14(12-5-9-17-10-6-12)19-13(15)11-3-7-16-8-4-11/h2-10,15H,1H3. The van der Waals surface area contributed by atoms with Gasteiger partial charge in [-0.1, -0.05) is 0 Å². The fraction of sp³-hybridized carbons (Fsp3) is 0.0714. The average molecular weight is 251 g/mol. The molecule has 1 N–H and O–H groups in total. The summed E-state index contributed by atoms with van der Waals surface area (Å²) in [7, 11) is 0. The van der Waals surface area contributed by atoms with E-state index in [9.17, 15) is 0 Å². The lowest BCUT2D eigenvalue weighted by atomic mass is 10.2. The van der Waals surface area contributed by atoms with Gasteiger partial charge in [0.05, 0.1) is 0 Å². The Labute approximate surface area is 111 Å². The fourth-order valence-corrected chi connectivity index (χ4v) is 1.47. The SMILES string of the molecule is CC=NC(=NC(=N)c1ccncc1)c1ccncc1. The summed E-state index contributed by atoms with van der Waals surface area (Å²) in [6.07, 6.45) is 8.26. The highest BCUT2D eigenvalue weighted by Gasteiger charge is 2.04. The van der Waals surface area contributed by atoms with Crippen LogP contribution in [0.2, 0.25) is 0 Å². The van der Waals surface area contributed by atoms with E-state index >= 15 is 0 Å². The zero-order valence-corrected chi connectivity index (χ0v) is 10.5. The van der Waals surface area contributed by atoms with E-state index in [-0.39, 0.29) is 5.84 Å². The summed E-state index contributed by atoms with van der Waals surface area (Å²) in [5.74, 6) is 0.645. The monoisotopic (exact) mass is 251 g/mol. The summed E-state index contributed by atoms with van der Waals surface area (Å²) in [5, 5.41) is 7.98. The van der Waals surface area contributed by atoms with Gasteiger partial charge in [-0.15, -0.1) is 0 Å². The molecule has 2 rings (SSSR count). The Bertz CT molecular complexity index is 602. The number of nitrogens with zero attached hydrogens (tertiary/aromatic N) is 4. The second kappa shape index (κ2) is 6.30. The third-order valence-electron chi connectivity index (χ3n) is 2.36. The lowest BCUT2D eigenvalue weighted by molar-refractivity contribution is 1.30. The van der Waals surface area contributed by atoms with Gasteiger partial charge in [0.25, 0.3) is 0 Å². The average Bonchev–Trinajstić information content (AvgIpc) is 2.48. The summed E-state index contributed by atoms with van der Waals surface area (Å²) >= 11 is 0. The summed E-state index contributed by atoms with van der Waals surface area (Å²) in [5.41, 5.74) is 1.53. The zero-order valence-electron chi connectivity index (χ0n) is 10.5. The first kappa shape index (κ1) is 12.8. The maximum atomic E-state index is 7.98. The smallest absolute Gasteiger partial charge is 0.161 e. The van der Waals surface area contributed by atoms with Crippen molar-refractivity contribution in [3.8, 4) is 0 Å². The first-order valence-electron chi connectivity index (χ1n) is 5.78. The quantitative estimate of drug-likeness (QED) is 0.657. The van der Waals surface area contributed by atoms with Crippen LogP contribution in [0.15, 0.2) is 59.0 Å². The van der Waals surface area contributed by atoms with E-state index < -0.39 is 0 Å². The van der Waals surface area contributed by atoms with Crippen molar-refractivity contribution in [1.29, 1.82) is 5.41 Å². The molecule has 0 unspecified atom stereocenters. The van der Waals surface area contributed by atoms with Crippen LogP contribution in [-0.4, -0.2) is 27.9 Å². The number of hydrogen-bond donors (Lipinski definition) is 1. The Balaban J connectivity index is 2.35. The highest BCUT2D eigenvalue weighted by atomic mass is 14.9. The van der Waals surface area contributed by atoms with Gasteiger partial charge in [0.1, 0.15) is 0 Å². The number of amidine groups is 2. The molecule has 0 aliphatic rings. The predicted molar refractivity (Wildman–Crippen MR) is 76.0 cm³/mol. The molecule has 19 heavy (non-hydrogen) atoms. The lowest BCUT2D eigenvalue weighted by Crippen LogP contribution is -2.04. The molecule has 2 aromatic rings. The van der Waals surface area contributed by atoms with E-state index in [1.807, 2.05) is 19.1 Å². The Hall–Kier alpha value is -2.69. The lowest BCUT2D eigenvalue weighted by Gasteiger charge is -2.02. The molecule has 5 heteroatoms. The minimum Gasteiger partial charge on any atom is -0.282 e. The molecule has 0 spiro atoms. The van der Waals surface area contributed by atoms with Gasteiger partial charge in [-0.3, -0.25) is 15.4 Å². The van der Waals surface area contributed by atoms with Gasteiger partial charge in [0.15, 0.2) is 11.7 Å². The number of rotatable bonds is 2. The Morgan fingerprint density at radius 2 is 1.53 bits per heavy atom. The first-order chi connectivity index (χ1) is 9.31. The van der Waals surface area contributed by atoms with Gasteiger partial charge < -0.3 is 0 Å². The minimum atomic E-state index is 0.153. The number of nitrogens with one attached hydrogen (secondary N) is 1. The van der Waals surface area contributed by atoms with E-state index in [0.29, 0.717) is 11.4 Å². The predicted octanol–water partition coefficient (Wildman–Crippen LogP) is 2.34. The zero-order chi connectivity index (χ0) is 13.5. The van der Waals surface area contributed by atoms with Gasteiger partial charge in [-0.05, 0) is 31.2 Å². The fourth-order valence-electron chi connectivity index (χ4n) is 1.47. The van der Waals surface area contributed by atoms with Crippen LogP contribution in [-0.2, 0) is 0 Å². The molecule has 0 aliphatic heterocycles. The van der Waals surface area contributed by atoms with E-state index in [2.05, 4.69) is 20.0 Å². The van der Waals surface area contributed by atoms with Gasteiger partial charge in [-0.25, -0.2) is 9.98 Å². The molecule has 2 aromatic heterocycles. The molecule has 0 aliphatic carbocycles. The summed E-state index contributed by atoms with van der Waals surface area (Å²) in [4.78, 5) is 16.3. The largest absolute Gasteiger partial charge is 0.282 e. The van der Waals surface area contributed by atoms with Crippen molar-refractivity contribution < 1.29 is 0 Å². The first-order valence-corrected chi connectivity index (χ1v) is 5.78. The molecular formula is C14H13N5. The molecule has 0 bridgehead atoms. The molecule has 0 saturated carbocycles. The molecule has 94 valence electrons. The van der Waals surface area contributed by atoms with Crippen molar-refractivity contribution in [2.45, 2.75) is 6.92 Å². The molecule has 0 saturated heterocycles. The van der Waals surface area contributed by atoms with Crippen LogP contribution in [0.1, 0.15) is 18.1 Å². The molecule has 0 atom stereocenters. The van der Waals surface area contributed by atoms with E-state index in [4.69, 9.17) is 5.41 Å². The van der Waals surface area contributed by atoms with E-state index in [1.54, 1.807) is 43.1 Å². The van der Waals surface area contributed by atoms with Crippen LogP contribution in [0, 0.1) is 5.41 Å². The molecule has 2 heterocycles. The highest BCUT2D eigenvalue weighted by molar-refractivity contribution is 6.12. The van der Waals surface area contributed by atoms with Gasteiger partial charge in [0, 0.05) is 42.1 Å². The summed E-state index contributed by atoms with van der Waals surface area (Å²) in [6, 6.07) is 7.11. The van der Waals surface area contributed by atoms with Crippen LogP contribution in [0.25, 0.3) is 0 Å². The van der Waals surface area contributed by atoms with Crippen LogP contribution >= 0.6 is 0 Å². The van der Waals surface area contributed by atoms with E-state index in [0.717, 1.165) is 5.56 Å². The van der Waals surface area contributed by atoms with Crippen LogP contribution in [0.4, 0.5) is 0 Å². The third kappa shape index (κ3) is 3.38. The molecular weight excluding hydrogens is 238 g/mol. The maximum Gasteiger partial charge on any atom is 0.161 e. The number of aliphatic imine (C=N–C) groups is 2. The van der Waals surface area contributed by atoms with Crippen LogP contribution in [0.3, 0.4) is 0 Å². The summed E-state index contributed by atoms with van der Waals surface area (Å²) < 4.78 is 0. The number of pyridine rings is 2. The van der Waals surface area contributed by atoms with E-state index in [1.165, 1.54) is 0 Å². The van der Waals surface area contributed by atoms with Crippen molar-refractivity contribution in [2.24, 2.45) is 9.98 Å². The van der Waals surface area contributed by atoms with Crippen molar-refractivity contribution in [3.05, 3.63) is 60.2 Å². The second-order valence-electron chi connectivity index (χ2n) is 3.64. The molecule has 5 nitrogen and oxygen atoms in total. The number of hydrogen-bond acceptors (Lipinski definition) is 3. The number of aromatic nitrogens is 2. The topological polar surface area (TPSA) is 74.3 Å². The highest BCUT2D eigenvalue weighted by Crippen LogP contribution is 2.05. The Kier molecular flexibility index (Phi) is 4.23. The molecule has 0 fully saturated rings. The Morgan fingerprint density at radius 1 is 1.00 bits per heavy atom. The van der Waals surface area contributed by atoms with Crippen molar-refractivity contribution in [1.82, 2.24) is 9.97 Å². The van der Waals surface area contributed by atoms with Crippen LogP contribution in [0.5, 0.6) is 0 Å². The van der Waals surface area contributed by atoms with Gasteiger partial charge >= 0.3 is 0 Å². The minimum absolute atomic E-state index is 0.153. The van der Waals surface area contributed by atoms with Crippen molar-refractivity contribution >= 4 is 17.9 Å². The Morgan fingerprint density at radius 3 is 2.05 bits per heavy atom. The molecule has 0 radical (unpaired) electrons. The second-order valence-corrected chi connectivity index (χ2v) is 3.64. The molecule has 0 amide bonds. The van der Waals surface area contributed by atoms with Gasteiger partial charge in [-0.2, -0.15) is 0 Å². The third-order valence-corrected chi connectivity index (χ3v) is 2.36.